The summed E-state index contributed by atoms with van der Waals surface area (Å²) in [5.74, 6) is 0.980. The van der Waals surface area contributed by atoms with Gasteiger partial charge in [-0.3, -0.25) is 0 Å². The van der Waals surface area contributed by atoms with Crippen LogP contribution in [0.15, 0.2) is 6.20 Å². The molecular formula is C11H19N3O3S. The fourth-order valence-electron chi connectivity index (χ4n) is 2.15. The van der Waals surface area contributed by atoms with Crippen LogP contribution in [-0.2, 0) is 0 Å². The summed E-state index contributed by atoms with van der Waals surface area (Å²) in [5, 5.41) is 22.3. The molecule has 3 atom stereocenters. The number of nitrogens with one attached hydrogen (secondary N) is 1. The second kappa shape index (κ2) is 6.98. The molecule has 1 heterocycles. The minimum atomic E-state index is -0.557. The van der Waals surface area contributed by atoms with Gasteiger partial charge in [-0.15, -0.1) is 4.37 Å². The molecule has 18 heavy (non-hydrogen) atoms. The van der Waals surface area contributed by atoms with Crippen LogP contribution in [0.1, 0.15) is 19.3 Å². The summed E-state index contributed by atoms with van der Waals surface area (Å²) in [7, 11) is 0. The van der Waals surface area contributed by atoms with Gasteiger partial charge in [0.1, 0.15) is 18.9 Å². The zero-order valence-electron chi connectivity index (χ0n) is 10.2. The molecule has 1 aliphatic carbocycles. The van der Waals surface area contributed by atoms with Crippen LogP contribution in [0.25, 0.3) is 0 Å². The largest absolute Gasteiger partial charge is 0.473 e. The van der Waals surface area contributed by atoms with Gasteiger partial charge in [-0.2, -0.15) is 4.37 Å². The van der Waals surface area contributed by atoms with Crippen LogP contribution < -0.4 is 10.1 Å². The van der Waals surface area contributed by atoms with Crippen LogP contribution in [0.3, 0.4) is 0 Å². The highest BCUT2D eigenvalue weighted by atomic mass is 32.1. The third kappa shape index (κ3) is 4.49. The van der Waals surface area contributed by atoms with Crippen molar-refractivity contribution in [1.82, 2.24) is 14.1 Å². The summed E-state index contributed by atoms with van der Waals surface area (Å²) in [6.45, 7) is 1.54. The highest BCUT2D eigenvalue weighted by Crippen LogP contribution is 2.24. The SMILES string of the molecule is OC(CNCC1CCC(O)C1)COc1cnsn1. The Morgan fingerprint density at radius 3 is 3.11 bits per heavy atom. The van der Waals surface area contributed by atoms with Crippen LogP contribution in [0.4, 0.5) is 0 Å². The monoisotopic (exact) mass is 273 g/mol. The first-order chi connectivity index (χ1) is 8.74. The van der Waals surface area contributed by atoms with Gasteiger partial charge in [-0.25, -0.2) is 0 Å². The highest BCUT2D eigenvalue weighted by molar-refractivity contribution is 6.99. The molecule has 0 spiro atoms. The third-order valence-electron chi connectivity index (χ3n) is 3.09. The van der Waals surface area contributed by atoms with Crippen LogP contribution in [-0.4, -0.2) is 50.9 Å². The van der Waals surface area contributed by atoms with E-state index < -0.39 is 6.10 Å². The van der Waals surface area contributed by atoms with E-state index in [9.17, 15) is 10.2 Å². The van der Waals surface area contributed by atoms with Crippen LogP contribution in [0.5, 0.6) is 5.88 Å². The van der Waals surface area contributed by atoms with Gasteiger partial charge in [0.15, 0.2) is 0 Å². The van der Waals surface area contributed by atoms with Crippen molar-refractivity contribution in [2.24, 2.45) is 5.92 Å². The van der Waals surface area contributed by atoms with Crippen molar-refractivity contribution in [2.45, 2.75) is 31.5 Å². The second-order valence-electron chi connectivity index (χ2n) is 4.70. The summed E-state index contributed by atoms with van der Waals surface area (Å²) < 4.78 is 12.9. The lowest BCUT2D eigenvalue weighted by Crippen LogP contribution is -2.34. The summed E-state index contributed by atoms with van der Waals surface area (Å²) in [6.07, 6.45) is 3.66. The molecule has 1 saturated carbocycles. The molecule has 0 saturated heterocycles. The smallest absolute Gasteiger partial charge is 0.245 e. The first-order valence-corrected chi connectivity index (χ1v) is 6.94. The number of hydrogen-bond donors (Lipinski definition) is 3. The van der Waals surface area contributed by atoms with Crippen molar-refractivity contribution in [1.29, 1.82) is 0 Å². The van der Waals surface area contributed by atoms with Crippen LogP contribution in [0.2, 0.25) is 0 Å². The molecule has 1 fully saturated rings. The molecule has 0 radical (unpaired) electrons. The van der Waals surface area contributed by atoms with Crippen LogP contribution >= 0.6 is 11.7 Å². The lowest BCUT2D eigenvalue weighted by atomic mass is 10.1. The van der Waals surface area contributed by atoms with Crippen molar-refractivity contribution in [3.63, 3.8) is 0 Å². The Kier molecular flexibility index (Phi) is 5.30. The maximum Gasteiger partial charge on any atom is 0.245 e. The van der Waals surface area contributed by atoms with E-state index in [0.29, 0.717) is 18.3 Å². The number of aliphatic hydroxyl groups is 2. The van der Waals surface area contributed by atoms with Gasteiger partial charge in [-0.05, 0) is 31.7 Å². The van der Waals surface area contributed by atoms with E-state index in [-0.39, 0.29) is 12.7 Å². The Labute approximate surface area is 110 Å². The Morgan fingerprint density at radius 2 is 2.44 bits per heavy atom. The van der Waals surface area contributed by atoms with Gasteiger partial charge < -0.3 is 20.3 Å². The number of hydrogen-bond acceptors (Lipinski definition) is 7. The molecule has 1 aromatic rings. The molecule has 3 unspecified atom stereocenters. The molecule has 7 heteroatoms. The molecule has 0 amide bonds. The Bertz CT molecular complexity index is 336. The summed E-state index contributed by atoms with van der Waals surface area (Å²) in [6, 6.07) is 0. The molecule has 3 N–H and O–H groups in total. The van der Waals surface area contributed by atoms with E-state index in [1.54, 1.807) is 0 Å². The normalized spacial score (nSPS) is 25.2. The fourth-order valence-corrected chi connectivity index (χ4v) is 2.51. The zero-order valence-corrected chi connectivity index (χ0v) is 11.0. The van der Waals surface area contributed by atoms with Gasteiger partial charge in [0.05, 0.1) is 17.8 Å². The molecule has 102 valence electrons. The first kappa shape index (κ1) is 13.7. The molecule has 2 rings (SSSR count). The van der Waals surface area contributed by atoms with E-state index in [1.165, 1.54) is 6.20 Å². The quantitative estimate of drug-likeness (QED) is 0.649. The lowest BCUT2D eigenvalue weighted by molar-refractivity contribution is 0.103. The maximum atomic E-state index is 9.69. The average molecular weight is 273 g/mol. The number of nitrogens with zero attached hydrogens (tertiary/aromatic N) is 2. The number of rotatable bonds is 7. The van der Waals surface area contributed by atoms with E-state index >= 15 is 0 Å². The number of aliphatic hydroxyl groups excluding tert-OH is 2. The number of ether oxygens (including phenoxy) is 1. The lowest BCUT2D eigenvalue weighted by Gasteiger charge is -2.14. The highest BCUT2D eigenvalue weighted by Gasteiger charge is 2.22. The fraction of sp³-hybridized carbons (Fsp3) is 0.818. The first-order valence-electron chi connectivity index (χ1n) is 6.21. The Hall–Kier alpha value is -0.760. The van der Waals surface area contributed by atoms with E-state index in [2.05, 4.69) is 14.1 Å². The second-order valence-corrected chi connectivity index (χ2v) is 5.26. The molecule has 1 aromatic heterocycles. The Balaban J connectivity index is 1.53. The van der Waals surface area contributed by atoms with Gasteiger partial charge in [-0.1, -0.05) is 0 Å². The summed E-state index contributed by atoms with van der Waals surface area (Å²) in [5.41, 5.74) is 0. The Morgan fingerprint density at radius 1 is 1.56 bits per heavy atom. The van der Waals surface area contributed by atoms with E-state index in [0.717, 1.165) is 37.5 Å². The molecule has 0 aliphatic heterocycles. The van der Waals surface area contributed by atoms with Crippen molar-refractivity contribution in [3.8, 4) is 5.88 Å². The molecule has 6 nitrogen and oxygen atoms in total. The van der Waals surface area contributed by atoms with Crippen molar-refractivity contribution in [2.75, 3.05) is 19.7 Å². The van der Waals surface area contributed by atoms with Gasteiger partial charge in [0.2, 0.25) is 5.88 Å². The summed E-state index contributed by atoms with van der Waals surface area (Å²) >= 11 is 1.08. The zero-order chi connectivity index (χ0) is 12.8. The third-order valence-corrected chi connectivity index (χ3v) is 3.55. The topological polar surface area (TPSA) is 87.5 Å². The molecule has 0 bridgehead atoms. The maximum absolute atomic E-state index is 9.69. The van der Waals surface area contributed by atoms with Crippen LogP contribution in [0, 0.1) is 5.92 Å². The minimum absolute atomic E-state index is 0.137. The van der Waals surface area contributed by atoms with Gasteiger partial charge >= 0.3 is 0 Å². The summed E-state index contributed by atoms with van der Waals surface area (Å²) in [4.78, 5) is 0. The molecule has 1 aliphatic rings. The minimum Gasteiger partial charge on any atom is -0.473 e. The van der Waals surface area contributed by atoms with Crippen molar-refractivity contribution >= 4 is 11.7 Å². The molecule has 0 aromatic carbocycles. The predicted octanol–water partition coefficient (Wildman–Crippen LogP) is 0.0284. The van der Waals surface area contributed by atoms with E-state index in [1.807, 2.05) is 0 Å². The predicted molar refractivity (Wildman–Crippen MR) is 67.6 cm³/mol. The standard InChI is InChI=1S/C11H19N3O3S/c15-9-2-1-8(3-9)4-12-5-10(16)7-17-11-6-13-18-14-11/h6,8-10,12,15-16H,1-5,7H2. The number of aromatic nitrogens is 2. The van der Waals surface area contributed by atoms with E-state index in [4.69, 9.17) is 4.74 Å². The molecular weight excluding hydrogens is 254 g/mol. The van der Waals surface area contributed by atoms with Gasteiger partial charge in [0, 0.05) is 6.54 Å². The van der Waals surface area contributed by atoms with Crippen molar-refractivity contribution in [3.05, 3.63) is 6.20 Å². The average Bonchev–Trinajstić information content (AvgIpc) is 2.98. The van der Waals surface area contributed by atoms with Crippen molar-refractivity contribution < 1.29 is 14.9 Å². The van der Waals surface area contributed by atoms with Gasteiger partial charge in [0.25, 0.3) is 0 Å².